The van der Waals surface area contributed by atoms with E-state index in [9.17, 15) is 25.3 Å². The van der Waals surface area contributed by atoms with Crippen molar-refractivity contribution in [2.45, 2.75) is 9.79 Å². The van der Waals surface area contributed by atoms with Crippen molar-refractivity contribution in [1.82, 2.24) is 0 Å². The maximum absolute atomic E-state index is 11.9. The lowest BCUT2D eigenvalue weighted by Gasteiger charge is -2.07. The molecule has 0 saturated heterocycles. The summed E-state index contributed by atoms with van der Waals surface area (Å²) in [6.45, 7) is -0.867. The Morgan fingerprint density at radius 3 is 2.14 bits per heavy atom. The summed E-state index contributed by atoms with van der Waals surface area (Å²) in [6.07, 6.45) is 0. The van der Waals surface area contributed by atoms with Gasteiger partial charge < -0.3 is 0 Å². The second-order valence-corrected chi connectivity index (χ2v) is 8.38. The number of hydrogen-bond donors (Lipinski definition) is 3. The highest BCUT2D eigenvalue weighted by Gasteiger charge is 2.21. The molecule has 0 radical (unpaired) electrons. The maximum atomic E-state index is 11.9. The SMILES string of the molecule is N=Nc1cc(S(=O)(=O)CCOS(=O)(=O)O)ccc1S(=O)(=O)O. The number of hydrogen-bond acceptors (Lipinski definition) is 9. The first-order chi connectivity index (χ1) is 9.87. The van der Waals surface area contributed by atoms with Crippen LogP contribution in [-0.4, -0.2) is 46.7 Å². The number of rotatable bonds is 7. The molecule has 0 aliphatic carbocycles. The molecule has 0 spiro atoms. The van der Waals surface area contributed by atoms with Crippen LogP contribution in [0.5, 0.6) is 0 Å². The van der Waals surface area contributed by atoms with Crippen LogP contribution in [0.1, 0.15) is 0 Å². The fourth-order valence-corrected chi connectivity index (χ4v) is 3.48. The van der Waals surface area contributed by atoms with E-state index in [1.54, 1.807) is 0 Å². The Labute approximate surface area is 126 Å². The Bertz CT molecular complexity index is 887. The van der Waals surface area contributed by atoms with E-state index in [2.05, 4.69) is 9.30 Å². The molecule has 0 saturated carbocycles. The summed E-state index contributed by atoms with van der Waals surface area (Å²) in [7, 11) is -13.6. The van der Waals surface area contributed by atoms with E-state index in [-0.39, 0.29) is 0 Å². The van der Waals surface area contributed by atoms with Gasteiger partial charge in [-0.15, -0.1) is 0 Å². The number of nitrogens with one attached hydrogen (secondary N) is 1. The van der Waals surface area contributed by atoms with Crippen molar-refractivity contribution in [2.75, 3.05) is 12.4 Å². The van der Waals surface area contributed by atoms with E-state index in [0.29, 0.717) is 0 Å². The van der Waals surface area contributed by atoms with Crippen molar-refractivity contribution in [3.05, 3.63) is 18.2 Å². The molecule has 0 aliphatic heterocycles. The molecule has 0 atom stereocenters. The molecule has 0 aliphatic rings. The zero-order valence-corrected chi connectivity index (χ0v) is 13.0. The van der Waals surface area contributed by atoms with Crippen LogP contribution in [0.15, 0.2) is 33.1 Å². The fourth-order valence-electron chi connectivity index (χ4n) is 1.36. The topological polar surface area (TPSA) is 188 Å². The van der Waals surface area contributed by atoms with E-state index in [4.69, 9.17) is 14.6 Å². The number of sulfone groups is 1. The normalized spacial score (nSPS) is 13.0. The quantitative estimate of drug-likeness (QED) is 0.442. The second kappa shape index (κ2) is 6.35. The molecule has 11 nitrogen and oxygen atoms in total. The third kappa shape index (κ3) is 5.08. The summed E-state index contributed by atoms with van der Waals surface area (Å²) >= 11 is 0. The molecular formula is C8H10N2O9S3. The van der Waals surface area contributed by atoms with E-state index in [1.807, 2.05) is 0 Å². The second-order valence-electron chi connectivity index (χ2n) is 3.78. The highest BCUT2D eigenvalue weighted by molar-refractivity contribution is 7.91. The first-order valence-electron chi connectivity index (χ1n) is 5.20. The van der Waals surface area contributed by atoms with Crippen molar-refractivity contribution in [3.8, 4) is 0 Å². The van der Waals surface area contributed by atoms with E-state index in [1.165, 1.54) is 0 Å². The lowest BCUT2D eigenvalue weighted by Crippen LogP contribution is -2.15. The average molecular weight is 374 g/mol. The van der Waals surface area contributed by atoms with Gasteiger partial charge in [0.05, 0.1) is 17.3 Å². The van der Waals surface area contributed by atoms with Gasteiger partial charge in [-0.3, -0.25) is 9.11 Å². The summed E-state index contributed by atoms with van der Waals surface area (Å²) in [5.74, 6) is -0.838. The molecule has 1 aromatic rings. The molecule has 14 heteroatoms. The van der Waals surface area contributed by atoms with Gasteiger partial charge in [-0.05, 0) is 18.2 Å². The zero-order valence-electron chi connectivity index (χ0n) is 10.6. The van der Waals surface area contributed by atoms with Crippen LogP contribution in [-0.2, 0) is 34.5 Å². The zero-order chi connectivity index (χ0) is 17.2. The van der Waals surface area contributed by atoms with Gasteiger partial charge in [0.2, 0.25) is 0 Å². The predicted molar refractivity (Wildman–Crippen MR) is 70.6 cm³/mol. The minimum Gasteiger partial charge on any atom is -0.282 e. The molecule has 1 rings (SSSR count). The Morgan fingerprint density at radius 2 is 1.68 bits per heavy atom. The monoisotopic (exact) mass is 374 g/mol. The third-order valence-electron chi connectivity index (χ3n) is 2.27. The van der Waals surface area contributed by atoms with Crippen molar-refractivity contribution >= 4 is 36.0 Å². The Kier molecular flexibility index (Phi) is 5.37. The summed E-state index contributed by atoms with van der Waals surface area (Å²) < 4.78 is 87.5. The van der Waals surface area contributed by atoms with Crippen LogP contribution >= 0.6 is 0 Å². The lowest BCUT2D eigenvalue weighted by molar-refractivity contribution is 0.284. The number of benzene rings is 1. The van der Waals surface area contributed by atoms with Gasteiger partial charge in [-0.1, -0.05) is 0 Å². The van der Waals surface area contributed by atoms with Crippen molar-refractivity contribution < 1.29 is 38.5 Å². The van der Waals surface area contributed by atoms with Gasteiger partial charge in [0.15, 0.2) is 9.84 Å². The lowest BCUT2D eigenvalue weighted by atomic mass is 10.3. The summed E-state index contributed by atoms with van der Waals surface area (Å²) in [6, 6.07) is 2.29. The largest absolute Gasteiger partial charge is 0.397 e. The Balaban J connectivity index is 3.14. The van der Waals surface area contributed by atoms with Gasteiger partial charge in [0.25, 0.3) is 10.1 Å². The maximum Gasteiger partial charge on any atom is 0.397 e. The Hall–Kier alpha value is -1.45. The molecule has 3 N–H and O–H groups in total. The van der Waals surface area contributed by atoms with Gasteiger partial charge in [-0.2, -0.15) is 21.9 Å². The summed E-state index contributed by atoms with van der Waals surface area (Å²) in [4.78, 5) is -1.22. The van der Waals surface area contributed by atoms with Crippen LogP contribution in [0, 0.1) is 5.53 Å². The molecule has 0 unspecified atom stereocenters. The van der Waals surface area contributed by atoms with Crippen LogP contribution in [0.4, 0.5) is 5.69 Å². The van der Waals surface area contributed by atoms with Crippen molar-refractivity contribution in [1.29, 1.82) is 5.53 Å². The van der Waals surface area contributed by atoms with Crippen molar-refractivity contribution in [2.24, 2.45) is 5.11 Å². The molecule has 124 valence electrons. The minimum atomic E-state index is -4.79. The highest BCUT2D eigenvalue weighted by atomic mass is 32.3. The van der Waals surface area contributed by atoms with Gasteiger partial charge in [0, 0.05) is 0 Å². The highest BCUT2D eigenvalue weighted by Crippen LogP contribution is 2.27. The van der Waals surface area contributed by atoms with Crippen molar-refractivity contribution in [3.63, 3.8) is 0 Å². The molecule has 0 bridgehead atoms. The summed E-state index contributed by atoms with van der Waals surface area (Å²) in [5, 5.41) is 2.81. The molecule has 22 heavy (non-hydrogen) atoms. The molecular weight excluding hydrogens is 364 g/mol. The number of nitrogens with zero attached hydrogens (tertiary/aromatic N) is 1. The van der Waals surface area contributed by atoms with Gasteiger partial charge >= 0.3 is 10.4 Å². The van der Waals surface area contributed by atoms with Crippen LogP contribution in [0.3, 0.4) is 0 Å². The minimum absolute atomic E-state index is 0.468. The molecule has 0 heterocycles. The third-order valence-corrected chi connectivity index (χ3v) is 5.31. The molecule has 0 fully saturated rings. The van der Waals surface area contributed by atoms with Crippen LogP contribution in [0.25, 0.3) is 0 Å². The first kappa shape index (κ1) is 18.6. The molecule has 0 aromatic heterocycles. The summed E-state index contributed by atoms with van der Waals surface area (Å²) in [5.41, 5.74) is 6.19. The average Bonchev–Trinajstić information content (AvgIpc) is 2.35. The molecule has 1 aromatic carbocycles. The van der Waals surface area contributed by atoms with E-state index in [0.717, 1.165) is 18.2 Å². The van der Waals surface area contributed by atoms with Crippen LogP contribution in [0.2, 0.25) is 0 Å². The van der Waals surface area contributed by atoms with E-state index < -0.39 is 58.2 Å². The standard InChI is InChI=1S/C8H10N2O9S3/c9-10-7-5-6(1-2-8(7)21(13,14)15)20(11,12)4-3-19-22(16,17)18/h1-2,5,9H,3-4H2,(H,13,14,15)(H,16,17,18). The van der Waals surface area contributed by atoms with Gasteiger partial charge in [-0.25, -0.2) is 18.1 Å². The Morgan fingerprint density at radius 1 is 1.09 bits per heavy atom. The van der Waals surface area contributed by atoms with E-state index >= 15 is 0 Å². The fraction of sp³-hybridized carbons (Fsp3) is 0.250. The van der Waals surface area contributed by atoms with Crippen LogP contribution < -0.4 is 0 Å². The van der Waals surface area contributed by atoms with Gasteiger partial charge in [0.1, 0.15) is 10.6 Å². The smallest absolute Gasteiger partial charge is 0.282 e. The molecule has 0 amide bonds. The predicted octanol–water partition coefficient (Wildman–Crippen LogP) is 0.189. The first-order valence-corrected chi connectivity index (χ1v) is 9.66.